The molecule has 2 nitrogen and oxygen atoms in total. The molecule has 0 spiro atoms. The normalized spacial score (nSPS) is 29.8. The number of hydrogen-bond acceptors (Lipinski definition) is 4. The van der Waals surface area contributed by atoms with Gasteiger partial charge >= 0.3 is 5.97 Å². The fraction of sp³-hybridized carbons (Fsp3) is 0.750. The Morgan fingerprint density at radius 3 is 3.00 bits per heavy atom. The molecule has 0 amide bonds. The van der Waals surface area contributed by atoms with E-state index in [1.165, 1.54) is 0 Å². The topological polar surface area (TPSA) is 26.3 Å². The number of hydrogen-bond donors (Lipinski definition) is 0. The zero-order valence-corrected chi connectivity index (χ0v) is 8.96. The van der Waals surface area contributed by atoms with Crippen molar-refractivity contribution in [2.24, 2.45) is 0 Å². The monoisotopic (exact) mass is 205 g/mol. The molecular formula is C8H13O2S2. The molecule has 1 radical (unpaired) electrons. The van der Waals surface area contributed by atoms with Crippen molar-refractivity contribution in [1.29, 1.82) is 0 Å². The van der Waals surface area contributed by atoms with Crippen LogP contribution < -0.4 is 0 Å². The Hall–Kier alpha value is 0.170. The van der Waals surface area contributed by atoms with Gasteiger partial charge in [-0.15, -0.1) is 23.5 Å². The Morgan fingerprint density at radius 2 is 2.50 bits per heavy atom. The number of ether oxygens (including phenoxy) is 1. The van der Waals surface area contributed by atoms with Crippen molar-refractivity contribution in [1.82, 2.24) is 0 Å². The van der Waals surface area contributed by atoms with Gasteiger partial charge in [-0.05, 0) is 26.0 Å². The number of carbonyl (C=O) groups excluding carboxylic acids is 1. The summed E-state index contributed by atoms with van der Waals surface area (Å²) in [6.07, 6.45) is 0.900. The van der Waals surface area contributed by atoms with Gasteiger partial charge in [0.15, 0.2) is 0 Å². The third-order valence-corrected chi connectivity index (χ3v) is 4.04. The first-order valence-corrected chi connectivity index (χ1v) is 5.90. The minimum atomic E-state index is -0.332. The van der Waals surface area contributed by atoms with E-state index in [-0.39, 0.29) is 10.7 Å². The van der Waals surface area contributed by atoms with Gasteiger partial charge in [0.05, 0.1) is 11.7 Å². The molecule has 4 heteroatoms. The van der Waals surface area contributed by atoms with Crippen LogP contribution in [0.25, 0.3) is 0 Å². The summed E-state index contributed by atoms with van der Waals surface area (Å²) >= 11 is 3.34. The largest absolute Gasteiger partial charge is 0.465 e. The van der Waals surface area contributed by atoms with Crippen LogP contribution in [-0.4, -0.2) is 23.1 Å². The van der Waals surface area contributed by atoms with Crippen LogP contribution in [0.3, 0.4) is 0 Å². The summed E-state index contributed by atoms with van der Waals surface area (Å²) in [4.78, 5) is 11.4. The van der Waals surface area contributed by atoms with E-state index >= 15 is 0 Å². The van der Waals surface area contributed by atoms with Gasteiger partial charge < -0.3 is 4.74 Å². The maximum atomic E-state index is 11.4. The molecule has 1 aliphatic rings. The van der Waals surface area contributed by atoms with Crippen molar-refractivity contribution in [3.8, 4) is 0 Å². The Kier molecular flexibility index (Phi) is 3.77. The highest BCUT2D eigenvalue weighted by Crippen LogP contribution is 2.41. The molecule has 1 heterocycles. The van der Waals surface area contributed by atoms with Crippen LogP contribution in [0.15, 0.2) is 0 Å². The second-order valence-corrected chi connectivity index (χ2v) is 5.43. The van der Waals surface area contributed by atoms with Gasteiger partial charge in [0.1, 0.15) is 4.75 Å². The summed E-state index contributed by atoms with van der Waals surface area (Å²) in [6.45, 7) is 4.27. The lowest BCUT2D eigenvalue weighted by molar-refractivity contribution is -0.145. The average Bonchev–Trinajstić information content (AvgIpc) is 2.06. The molecule has 1 aliphatic heterocycles. The van der Waals surface area contributed by atoms with E-state index < -0.39 is 0 Å². The Balaban J connectivity index is 2.50. The second-order valence-electron chi connectivity index (χ2n) is 2.79. The number of carbonyl (C=O) groups is 1. The molecule has 1 fully saturated rings. The molecule has 12 heavy (non-hydrogen) atoms. The molecule has 1 rings (SSSR count). The van der Waals surface area contributed by atoms with Crippen LogP contribution in [0, 0.1) is 5.08 Å². The lowest BCUT2D eigenvalue weighted by Crippen LogP contribution is -2.35. The molecule has 69 valence electrons. The predicted molar refractivity (Wildman–Crippen MR) is 54.0 cm³/mol. The van der Waals surface area contributed by atoms with E-state index in [1.807, 2.05) is 18.9 Å². The van der Waals surface area contributed by atoms with E-state index in [0.29, 0.717) is 6.61 Å². The van der Waals surface area contributed by atoms with Crippen LogP contribution in [0.5, 0.6) is 0 Å². The lowest BCUT2D eigenvalue weighted by atomic mass is 10.1. The number of rotatable bonds is 2. The fourth-order valence-corrected chi connectivity index (χ4v) is 3.47. The van der Waals surface area contributed by atoms with Gasteiger partial charge in [0.2, 0.25) is 0 Å². The minimum Gasteiger partial charge on any atom is -0.465 e. The van der Waals surface area contributed by atoms with Gasteiger partial charge in [-0.3, -0.25) is 4.79 Å². The minimum absolute atomic E-state index is 0.0773. The van der Waals surface area contributed by atoms with Crippen molar-refractivity contribution < 1.29 is 9.53 Å². The summed E-state index contributed by atoms with van der Waals surface area (Å²) in [5.41, 5.74) is 0. The Bertz CT molecular complexity index is 164. The summed E-state index contributed by atoms with van der Waals surface area (Å²) in [5, 5.41) is 2.03. The molecule has 1 saturated heterocycles. The highest BCUT2D eigenvalue weighted by molar-refractivity contribution is 8.20. The Labute approximate surface area is 81.8 Å². The van der Waals surface area contributed by atoms with E-state index in [2.05, 4.69) is 0 Å². The van der Waals surface area contributed by atoms with Crippen LogP contribution in [0.4, 0.5) is 0 Å². The maximum Gasteiger partial charge on any atom is 0.321 e. The van der Waals surface area contributed by atoms with E-state index in [1.54, 1.807) is 23.5 Å². The first-order chi connectivity index (χ1) is 5.69. The summed E-state index contributed by atoms with van der Waals surface area (Å²) < 4.78 is 4.66. The maximum absolute atomic E-state index is 11.4. The van der Waals surface area contributed by atoms with E-state index in [0.717, 1.165) is 12.2 Å². The van der Waals surface area contributed by atoms with Crippen LogP contribution in [-0.2, 0) is 9.53 Å². The van der Waals surface area contributed by atoms with Gasteiger partial charge in [-0.1, -0.05) is 0 Å². The molecule has 0 aromatic carbocycles. The zero-order valence-electron chi connectivity index (χ0n) is 7.33. The molecule has 0 aromatic heterocycles. The van der Waals surface area contributed by atoms with Gasteiger partial charge in [0.25, 0.3) is 0 Å². The molecule has 0 bridgehead atoms. The molecule has 1 unspecified atom stereocenters. The van der Waals surface area contributed by atoms with Gasteiger partial charge in [-0.2, -0.15) is 0 Å². The molecule has 0 N–H and O–H groups in total. The first kappa shape index (κ1) is 10.3. The van der Waals surface area contributed by atoms with Crippen molar-refractivity contribution in [2.75, 3.05) is 12.4 Å². The van der Waals surface area contributed by atoms with E-state index in [4.69, 9.17) is 4.74 Å². The van der Waals surface area contributed by atoms with Gasteiger partial charge in [0, 0.05) is 0 Å². The highest BCUT2D eigenvalue weighted by Gasteiger charge is 2.37. The number of thioether (sulfide) groups is 2. The summed E-state index contributed by atoms with van der Waals surface area (Å²) in [6, 6.07) is 0. The van der Waals surface area contributed by atoms with Crippen molar-refractivity contribution in [3.63, 3.8) is 0 Å². The summed E-state index contributed by atoms with van der Waals surface area (Å²) in [7, 11) is 0. The average molecular weight is 205 g/mol. The highest BCUT2D eigenvalue weighted by atomic mass is 32.2. The fourth-order valence-electron chi connectivity index (χ4n) is 0.935. The number of esters is 1. The Morgan fingerprint density at radius 1 is 1.75 bits per heavy atom. The van der Waals surface area contributed by atoms with Crippen LogP contribution >= 0.6 is 23.5 Å². The molecular weight excluding hydrogens is 192 g/mol. The SMILES string of the molecule is CCOC(=O)C1(C)CCS[CH]S1. The van der Waals surface area contributed by atoms with E-state index in [9.17, 15) is 4.79 Å². The van der Waals surface area contributed by atoms with Crippen molar-refractivity contribution in [2.45, 2.75) is 25.0 Å². The third kappa shape index (κ3) is 2.33. The first-order valence-electron chi connectivity index (χ1n) is 3.97. The predicted octanol–water partition coefficient (Wildman–Crippen LogP) is 2.30. The zero-order chi connectivity index (χ0) is 9.03. The van der Waals surface area contributed by atoms with Crippen molar-refractivity contribution >= 4 is 29.5 Å². The second kappa shape index (κ2) is 4.42. The standard InChI is InChI=1S/C8H13O2S2/c1-3-10-7(9)8(2)4-5-11-6-12-8/h6H,3-5H2,1-2H3. The molecule has 1 atom stereocenters. The molecule has 0 saturated carbocycles. The van der Waals surface area contributed by atoms with Crippen molar-refractivity contribution in [3.05, 3.63) is 5.08 Å². The smallest absolute Gasteiger partial charge is 0.321 e. The lowest BCUT2D eigenvalue weighted by Gasteiger charge is -2.29. The van der Waals surface area contributed by atoms with Gasteiger partial charge in [-0.25, -0.2) is 0 Å². The van der Waals surface area contributed by atoms with Crippen LogP contribution in [0.2, 0.25) is 0 Å². The molecule has 0 aliphatic carbocycles. The summed E-state index contributed by atoms with van der Waals surface area (Å²) in [5.74, 6) is 0.939. The third-order valence-electron chi connectivity index (χ3n) is 1.78. The quantitative estimate of drug-likeness (QED) is 0.646. The molecule has 0 aromatic rings. The van der Waals surface area contributed by atoms with Crippen LogP contribution in [0.1, 0.15) is 20.3 Å².